The molecule has 6 heteroatoms. The number of nitrogens with zero attached hydrogens (tertiary/aromatic N) is 3. The minimum atomic E-state index is -0.0671. The van der Waals surface area contributed by atoms with Gasteiger partial charge in [0.2, 0.25) is 5.91 Å². The molecule has 2 heterocycles. The van der Waals surface area contributed by atoms with Crippen LogP contribution in [-0.4, -0.2) is 45.4 Å². The van der Waals surface area contributed by atoms with E-state index >= 15 is 0 Å². The fourth-order valence-electron chi connectivity index (χ4n) is 3.46. The number of aromatic nitrogens is 2. The second kappa shape index (κ2) is 6.50. The second-order valence-corrected chi connectivity index (χ2v) is 6.29. The molecule has 2 fully saturated rings. The van der Waals surface area contributed by atoms with Crippen LogP contribution in [-0.2, 0) is 11.3 Å². The van der Waals surface area contributed by atoms with E-state index in [1.165, 1.54) is 12.8 Å². The molecule has 1 N–H and O–H groups in total. The summed E-state index contributed by atoms with van der Waals surface area (Å²) in [6, 6.07) is 0.346. The average Bonchev–Trinajstić information content (AvgIpc) is 3.26. The van der Waals surface area contributed by atoms with Crippen molar-refractivity contribution in [2.75, 3.05) is 13.1 Å². The van der Waals surface area contributed by atoms with Gasteiger partial charge in [-0.15, -0.1) is 0 Å². The van der Waals surface area contributed by atoms with E-state index in [2.05, 4.69) is 10.3 Å². The van der Waals surface area contributed by atoms with Gasteiger partial charge in [-0.25, -0.2) is 4.98 Å². The van der Waals surface area contributed by atoms with E-state index in [9.17, 15) is 9.59 Å². The number of imidazole rings is 1. The number of carbonyl (C=O) groups is 2. The summed E-state index contributed by atoms with van der Waals surface area (Å²) in [7, 11) is 0. The Morgan fingerprint density at radius 1 is 1.32 bits per heavy atom. The standard InChI is InChI=1S/C16H24N4O2/c1-2-19-11-17-9-14(19)16(22)20-8-7-12(10-20)15(21)18-13-5-3-4-6-13/h9,11-13H,2-8,10H2,1H3,(H,18,21)/t12-/m0/s1. The summed E-state index contributed by atoms with van der Waals surface area (Å²) in [5.74, 6) is 0.0317. The molecule has 2 aliphatic rings. The molecular weight excluding hydrogens is 280 g/mol. The van der Waals surface area contributed by atoms with Gasteiger partial charge in [0.05, 0.1) is 18.4 Å². The molecule has 1 atom stereocenters. The molecule has 1 aromatic heterocycles. The van der Waals surface area contributed by atoms with Gasteiger partial charge >= 0.3 is 0 Å². The molecule has 1 saturated heterocycles. The first-order valence-electron chi connectivity index (χ1n) is 8.28. The van der Waals surface area contributed by atoms with E-state index in [0.717, 1.165) is 25.8 Å². The smallest absolute Gasteiger partial charge is 0.272 e. The fraction of sp³-hybridized carbons (Fsp3) is 0.688. The lowest BCUT2D eigenvalue weighted by Crippen LogP contribution is -2.39. The van der Waals surface area contributed by atoms with Crippen LogP contribution in [0, 0.1) is 5.92 Å². The van der Waals surface area contributed by atoms with Crippen molar-refractivity contribution in [2.45, 2.75) is 51.6 Å². The highest BCUT2D eigenvalue weighted by Gasteiger charge is 2.33. The zero-order chi connectivity index (χ0) is 15.5. The van der Waals surface area contributed by atoms with Crippen molar-refractivity contribution in [1.82, 2.24) is 19.8 Å². The molecule has 0 radical (unpaired) electrons. The molecular formula is C16H24N4O2. The van der Waals surface area contributed by atoms with Crippen LogP contribution >= 0.6 is 0 Å². The first-order chi connectivity index (χ1) is 10.7. The highest BCUT2D eigenvalue weighted by atomic mass is 16.2. The molecule has 0 bridgehead atoms. The number of aryl methyl sites for hydroxylation is 1. The van der Waals surface area contributed by atoms with Gasteiger partial charge in [0.1, 0.15) is 5.69 Å². The highest BCUT2D eigenvalue weighted by Crippen LogP contribution is 2.22. The largest absolute Gasteiger partial charge is 0.353 e. The van der Waals surface area contributed by atoms with E-state index < -0.39 is 0 Å². The first-order valence-corrected chi connectivity index (χ1v) is 8.28. The lowest BCUT2D eigenvalue weighted by Gasteiger charge is -2.18. The van der Waals surface area contributed by atoms with Crippen LogP contribution in [0.4, 0.5) is 0 Å². The number of nitrogens with one attached hydrogen (secondary N) is 1. The quantitative estimate of drug-likeness (QED) is 0.915. The Hall–Kier alpha value is -1.85. The zero-order valence-electron chi connectivity index (χ0n) is 13.1. The number of rotatable bonds is 4. The van der Waals surface area contributed by atoms with E-state index in [-0.39, 0.29) is 17.7 Å². The van der Waals surface area contributed by atoms with Gasteiger partial charge in [-0.2, -0.15) is 0 Å². The number of hydrogen-bond acceptors (Lipinski definition) is 3. The fourth-order valence-corrected chi connectivity index (χ4v) is 3.46. The van der Waals surface area contributed by atoms with Gasteiger partial charge in [-0.1, -0.05) is 12.8 Å². The van der Waals surface area contributed by atoms with Crippen LogP contribution in [0.25, 0.3) is 0 Å². The molecule has 1 saturated carbocycles. The molecule has 120 valence electrons. The molecule has 2 amide bonds. The third-order valence-corrected chi connectivity index (χ3v) is 4.82. The van der Waals surface area contributed by atoms with Crippen LogP contribution < -0.4 is 5.32 Å². The summed E-state index contributed by atoms with van der Waals surface area (Å²) in [5.41, 5.74) is 0.611. The van der Waals surface area contributed by atoms with Gasteiger partial charge < -0.3 is 14.8 Å². The Balaban J connectivity index is 1.57. The molecule has 1 aliphatic heterocycles. The average molecular weight is 304 g/mol. The monoisotopic (exact) mass is 304 g/mol. The van der Waals surface area contributed by atoms with E-state index in [4.69, 9.17) is 0 Å². The SMILES string of the molecule is CCn1cncc1C(=O)N1CC[C@H](C(=O)NC2CCCC2)C1. The summed E-state index contributed by atoms with van der Waals surface area (Å²) in [5, 5.41) is 3.14. The van der Waals surface area contributed by atoms with Gasteiger partial charge in [0.15, 0.2) is 0 Å². The predicted octanol–water partition coefficient (Wildman–Crippen LogP) is 1.42. The Labute approximate surface area is 130 Å². The minimum absolute atomic E-state index is 0.0180. The highest BCUT2D eigenvalue weighted by molar-refractivity contribution is 5.93. The predicted molar refractivity (Wildman–Crippen MR) is 82.3 cm³/mol. The van der Waals surface area contributed by atoms with Crippen molar-refractivity contribution < 1.29 is 9.59 Å². The molecule has 1 aliphatic carbocycles. The molecule has 3 rings (SSSR count). The van der Waals surface area contributed by atoms with Gasteiger partial charge in [-0.3, -0.25) is 9.59 Å². The van der Waals surface area contributed by atoms with Gasteiger partial charge in [-0.05, 0) is 26.2 Å². The third kappa shape index (κ3) is 3.00. The van der Waals surface area contributed by atoms with Crippen LogP contribution in [0.5, 0.6) is 0 Å². The molecule has 0 unspecified atom stereocenters. The van der Waals surface area contributed by atoms with E-state index in [1.54, 1.807) is 17.4 Å². The van der Waals surface area contributed by atoms with Gasteiger partial charge in [0.25, 0.3) is 5.91 Å². The maximum Gasteiger partial charge on any atom is 0.272 e. The number of amides is 2. The Morgan fingerprint density at radius 2 is 2.09 bits per heavy atom. The summed E-state index contributed by atoms with van der Waals surface area (Å²) in [4.78, 5) is 30.7. The van der Waals surface area contributed by atoms with Crippen LogP contribution in [0.1, 0.15) is 49.5 Å². The maximum atomic E-state index is 12.5. The van der Waals surface area contributed by atoms with E-state index in [0.29, 0.717) is 24.8 Å². The van der Waals surface area contributed by atoms with Crippen molar-refractivity contribution in [3.63, 3.8) is 0 Å². The zero-order valence-corrected chi connectivity index (χ0v) is 13.1. The number of carbonyl (C=O) groups excluding carboxylic acids is 2. The van der Waals surface area contributed by atoms with Crippen molar-refractivity contribution in [2.24, 2.45) is 5.92 Å². The normalized spacial score (nSPS) is 22.2. The molecule has 0 aromatic carbocycles. The topological polar surface area (TPSA) is 67.2 Å². The minimum Gasteiger partial charge on any atom is -0.353 e. The van der Waals surface area contributed by atoms with Crippen molar-refractivity contribution >= 4 is 11.8 Å². The van der Waals surface area contributed by atoms with Crippen molar-refractivity contribution in [1.29, 1.82) is 0 Å². The lowest BCUT2D eigenvalue weighted by atomic mass is 10.1. The molecule has 6 nitrogen and oxygen atoms in total. The Kier molecular flexibility index (Phi) is 4.45. The third-order valence-electron chi connectivity index (χ3n) is 4.82. The van der Waals surface area contributed by atoms with Gasteiger partial charge in [0, 0.05) is 25.7 Å². The van der Waals surface area contributed by atoms with Crippen molar-refractivity contribution in [3.05, 3.63) is 18.2 Å². The Morgan fingerprint density at radius 3 is 2.82 bits per heavy atom. The summed E-state index contributed by atoms with van der Waals surface area (Å²) >= 11 is 0. The van der Waals surface area contributed by atoms with Crippen molar-refractivity contribution in [3.8, 4) is 0 Å². The maximum absolute atomic E-state index is 12.5. The van der Waals surface area contributed by atoms with E-state index in [1.807, 2.05) is 11.5 Å². The Bertz CT molecular complexity index is 548. The molecule has 0 spiro atoms. The second-order valence-electron chi connectivity index (χ2n) is 6.29. The summed E-state index contributed by atoms with van der Waals surface area (Å²) < 4.78 is 1.84. The lowest BCUT2D eigenvalue weighted by molar-refractivity contribution is -0.125. The molecule has 1 aromatic rings. The number of likely N-dealkylation sites (tertiary alicyclic amines) is 1. The summed E-state index contributed by atoms with van der Waals surface area (Å²) in [6.07, 6.45) is 8.64. The summed E-state index contributed by atoms with van der Waals surface area (Å²) in [6.45, 7) is 3.88. The van der Waals surface area contributed by atoms with Crippen LogP contribution in [0.15, 0.2) is 12.5 Å². The van der Waals surface area contributed by atoms with Crippen LogP contribution in [0.2, 0.25) is 0 Å². The molecule has 22 heavy (non-hydrogen) atoms. The van der Waals surface area contributed by atoms with Crippen LogP contribution in [0.3, 0.4) is 0 Å². The number of hydrogen-bond donors (Lipinski definition) is 1. The first kappa shape index (κ1) is 15.1.